The van der Waals surface area contributed by atoms with Gasteiger partial charge in [-0.05, 0) is 75.5 Å². The minimum atomic E-state index is -4.08. The van der Waals surface area contributed by atoms with Gasteiger partial charge in [0.2, 0.25) is 0 Å². The van der Waals surface area contributed by atoms with E-state index in [-0.39, 0.29) is 11.6 Å². The maximum Gasteiger partial charge on any atom is 0.482 e. The van der Waals surface area contributed by atoms with Crippen LogP contribution in [0.3, 0.4) is 0 Å². The largest absolute Gasteiger partial charge is 0.482 e. The highest BCUT2D eigenvalue weighted by molar-refractivity contribution is 14.1. The van der Waals surface area contributed by atoms with Crippen LogP contribution in [0.25, 0.3) is 17.0 Å². The van der Waals surface area contributed by atoms with Gasteiger partial charge in [0.1, 0.15) is 11.6 Å². The number of nitrogens with zero attached hydrogens (tertiary/aromatic N) is 7. The zero-order valence-corrected chi connectivity index (χ0v) is 22.0. The molecule has 3 heterocycles. The van der Waals surface area contributed by atoms with E-state index in [1.165, 1.54) is 46.8 Å². The van der Waals surface area contributed by atoms with Crippen molar-refractivity contribution in [3.63, 3.8) is 0 Å². The lowest BCUT2D eigenvalue weighted by molar-refractivity contribution is -0.187. The average Bonchev–Trinajstić information content (AvgIpc) is 3.45. The predicted molar refractivity (Wildman–Crippen MR) is 141 cm³/mol. The van der Waals surface area contributed by atoms with Crippen molar-refractivity contribution in [1.29, 1.82) is 0 Å². The molecule has 0 saturated heterocycles. The number of tetrazole rings is 1. The number of pyridine rings is 1. The first-order chi connectivity index (χ1) is 17.8. The van der Waals surface area contributed by atoms with Gasteiger partial charge in [-0.1, -0.05) is 41.1 Å². The zero-order chi connectivity index (χ0) is 26.0. The summed E-state index contributed by atoms with van der Waals surface area (Å²) in [5.41, 5.74) is 2.14. The van der Waals surface area contributed by atoms with Gasteiger partial charge >= 0.3 is 12.0 Å². The van der Waals surface area contributed by atoms with E-state index in [1.54, 1.807) is 25.2 Å². The third-order valence-corrected chi connectivity index (χ3v) is 6.68. The second-order valence-electron chi connectivity index (χ2n) is 7.65. The molecule has 3 aromatic heterocycles. The molecule has 1 amide bonds. The number of aryl methyl sites for hydroxylation is 1. The number of hydrogen-bond donors (Lipinski definition) is 1. The summed E-state index contributed by atoms with van der Waals surface area (Å²) in [6.07, 6.45) is -4.08. The van der Waals surface area contributed by atoms with Gasteiger partial charge in [0.25, 0.3) is 5.95 Å². The number of anilines is 1. The summed E-state index contributed by atoms with van der Waals surface area (Å²) in [4.78, 5) is 21.2. The number of rotatable bonds is 8. The predicted octanol–water partition coefficient (Wildman–Crippen LogP) is 4.45. The molecular formula is C23H17F2IN8O2S. The zero-order valence-electron chi connectivity index (χ0n) is 19.0. The quantitative estimate of drug-likeness (QED) is 0.197. The van der Waals surface area contributed by atoms with Crippen molar-refractivity contribution in [2.45, 2.75) is 17.0 Å². The fourth-order valence-corrected chi connectivity index (χ4v) is 4.76. The third kappa shape index (κ3) is 5.53. The normalized spacial score (nSPS) is 11.6. The minimum absolute atomic E-state index is 0.0278. The number of halogens is 3. The van der Waals surface area contributed by atoms with Crippen LogP contribution in [-0.2, 0) is 17.6 Å². The highest BCUT2D eigenvalue weighted by atomic mass is 127. The molecule has 1 N–H and O–H groups in total. The Morgan fingerprint density at radius 2 is 1.92 bits per heavy atom. The number of nitrogens with one attached hydrogen (secondary N) is 1. The van der Waals surface area contributed by atoms with Gasteiger partial charge in [-0.2, -0.15) is 8.78 Å². The molecule has 10 nitrogen and oxygen atoms in total. The Morgan fingerprint density at radius 1 is 1.11 bits per heavy atom. The highest BCUT2D eigenvalue weighted by Gasteiger charge is 2.42. The number of alkyl halides is 2. The number of benzene rings is 2. The lowest BCUT2D eigenvalue weighted by atomic mass is 10.3. The molecule has 0 atom stereocenters. The number of thioether (sulfide) groups is 1. The van der Waals surface area contributed by atoms with E-state index < -0.39 is 12.0 Å². The van der Waals surface area contributed by atoms with Gasteiger partial charge in [-0.15, -0.1) is 0 Å². The number of fused-ring (bicyclic) bond motifs is 1. The summed E-state index contributed by atoms with van der Waals surface area (Å²) in [6, 6.07) is 18.0. The van der Waals surface area contributed by atoms with Gasteiger partial charge < -0.3 is 10.1 Å². The first-order valence-corrected chi connectivity index (χ1v) is 12.8. The molecular weight excluding hydrogens is 617 g/mol. The molecule has 0 aliphatic carbocycles. The maximum atomic E-state index is 14.3. The van der Waals surface area contributed by atoms with Crippen LogP contribution in [0.4, 0.5) is 14.6 Å². The Hall–Kier alpha value is -3.66. The van der Waals surface area contributed by atoms with Gasteiger partial charge in [-0.25, -0.2) is 14.6 Å². The molecule has 0 saturated carbocycles. The molecule has 14 heteroatoms. The number of aromatic nitrogens is 7. The van der Waals surface area contributed by atoms with E-state index in [9.17, 15) is 13.6 Å². The van der Waals surface area contributed by atoms with E-state index in [4.69, 9.17) is 4.98 Å². The molecule has 5 aromatic rings. The summed E-state index contributed by atoms with van der Waals surface area (Å²) < 4.78 is 37.6. The molecule has 2 aromatic carbocycles. The van der Waals surface area contributed by atoms with E-state index in [1.807, 2.05) is 22.8 Å². The second kappa shape index (κ2) is 10.4. The van der Waals surface area contributed by atoms with Gasteiger partial charge in [0.15, 0.2) is 5.16 Å². The molecule has 188 valence electrons. The Balaban J connectivity index is 1.34. The molecule has 0 radical (unpaired) electrons. The van der Waals surface area contributed by atoms with Crippen molar-refractivity contribution in [3.8, 4) is 11.7 Å². The molecule has 0 aliphatic rings. The molecule has 37 heavy (non-hydrogen) atoms. The first-order valence-electron chi connectivity index (χ1n) is 10.7. The van der Waals surface area contributed by atoms with E-state index in [0.717, 1.165) is 14.6 Å². The molecule has 0 bridgehead atoms. The van der Waals surface area contributed by atoms with Crippen molar-refractivity contribution in [2.75, 3.05) is 5.32 Å². The molecule has 0 fully saturated rings. The minimum Gasteiger partial charge on any atom is -0.425 e. The summed E-state index contributed by atoms with van der Waals surface area (Å²) in [5.74, 6) is -0.954. The van der Waals surface area contributed by atoms with Crippen LogP contribution in [0, 0.1) is 3.57 Å². The summed E-state index contributed by atoms with van der Waals surface area (Å²) in [5, 5.41) is 14.5. The topological polar surface area (TPSA) is 113 Å². The average molecular weight is 634 g/mol. The molecule has 0 spiro atoms. The van der Waals surface area contributed by atoms with Crippen LogP contribution in [0.15, 0.2) is 71.9 Å². The number of para-hydroxylation sites is 1. The van der Waals surface area contributed by atoms with E-state index >= 15 is 0 Å². The summed E-state index contributed by atoms with van der Waals surface area (Å²) in [7, 11) is 1.73. The monoisotopic (exact) mass is 634 g/mol. The van der Waals surface area contributed by atoms with Crippen LogP contribution in [0.1, 0.15) is 5.69 Å². The number of amides is 1. The standard InChI is InChI=1S/C23H17F2IN8O2S/c1-33-21(30-31-32-33)34-18-12-14(26)10-11-17(18)28-22(34)37-13-15-6-5-9-19(27-15)29-20(35)23(24,25)36-16-7-3-2-4-8-16/h2-12H,13H2,1H3,(H,27,29,35). The summed E-state index contributed by atoms with van der Waals surface area (Å²) >= 11 is 3.59. The molecule has 0 unspecified atom stereocenters. The van der Waals surface area contributed by atoms with Crippen molar-refractivity contribution >= 4 is 57.1 Å². The van der Waals surface area contributed by atoms with Crippen LogP contribution in [0.5, 0.6) is 5.75 Å². The van der Waals surface area contributed by atoms with Crippen molar-refractivity contribution in [3.05, 3.63) is 76.0 Å². The number of ether oxygens (including phenoxy) is 1. The van der Waals surface area contributed by atoms with Crippen molar-refractivity contribution < 1.29 is 18.3 Å². The highest BCUT2D eigenvalue weighted by Crippen LogP contribution is 2.30. The Morgan fingerprint density at radius 3 is 2.68 bits per heavy atom. The lowest BCUT2D eigenvalue weighted by Gasteiger charge is -2.17. The number of carbonyl (C=O) groups excluding carboxylic acids is 1. The fraction of sp³-hybridized carbons (Fsp3) is 0.130. The first kappa shape index (κ1) is 25.0. The van der Waals surface area contributed by atoms with E-state index in [2.05, 4.69) is 53.2 Å². The van der Waals surface area contributed by atoms with Crippen LogP contribution >= 0.6 is 34.4 Å². The Kier molecular flexibility index (Phi) is 7.01. The Labute approximate surface area is 226 Å². The van der Waals surface area contributed by atoms with Crippen LogP contribution in [0.2, 0.25) is 0 Å². The second-order valence-corrected chi connectivity index (χ2v) is 9.84. The fourth-order valence-electron chi connectivity index (χ4n) is 3.37. The maximum absolute atomic E-state index is 14.3. The Bertz CT molecular complexity index is 1580. The lowest BCUT2D eigenvalue weighted by Crippen LogP contribution is -2.40. The van der Waals surface area contributed by atoms with Crippen molar-refractivity contribution in [1.82, 2.24) is 34.7 Å². The van der Waals surface area contributed by atoms with Crippen LogP contribution < -0.4 is 10.1 Å². The number of hydrogen-bond acceptors (Lipinski definition) is 8. The van der Waals surface area contributed by atoms with E-state index in [0.29, 0.717) is 22.6 Å². The molecule has 0 aliphatic heterocycles. The molecule has 5 rings (SSSR count). The number of imidazole rings is 1. The van der Waals surface area contributed by atoms with Crippen LogP contribution in [-0.4, -0.2) is 46.8 Å². The van der Waals surface area contributed by atoms with Gasteiger partial charge in [-0.3, -0.25) is 9.36 Å². The number of carbonyl (C=O) groups is 1. The van der Waals surface area contributed by atoms with Crippen molar-refractivity contribution in [2.24, 2.45) is 7.05 Å². The summed E-state index contributed by atoms with van der Waals surface area (Å²) in [6.45, 7) is 0. The van der Waals surface area contributed by atoms with Gasteiger partial charge in [0.05, 0.1) is 16.7 Å². The third-order valence-electron chi connectivity index (χ3n) is 5.03. The SMILES string of the molecule is Cn1nnnc1-n1c(SCc2cccc(NC(=O)C(F)(F)Oc3ccccc3)n2)nc2ccc(I)cc21. The van der Waals surface area contributed by atoms with Gasteiger partial charge in [0, 0.05) is 16.4 Å². The smallest absolute Gasteiger partial charge is 0.425 e.